The average Bonchev–Trinajstić information content (AvgIpc) is 2.88. The van der Waals surface area contributed by atoms with Gasteiger partial charge in [-0.1, -0.05) is 30.3 Å². The van der Waals surface area contributed by atoms with Gasteiger partial charge in [-0.2, -0.15) is 0 Å². The third-order valence-electron chi connectivity index (χ3n) is 2.45. The summed E-state index contributed by atoms with van der Waals surface area (Å²) in [6.07, 6.45) is 3.15. The van der Waals surface area contributed by atoms with Crippen LogP contribution in [-0.4, -0.2) is 11.2 Å². The zero-order valence-corrected chi connectivity index (χ0v) is 7.11. The highest BCUT2D eigenvalue weighted by Gasteiger charge is 2.29. The van der Waals surface area contributed by atoms with E-state index in [9.17, 15) is 5.11 Å². The minimum absolute atomic E-state index is 0.104. The quantitative estimate of drug-likeness (QED) is 0.720. The lowest BCUT2D eigenvalue weighted by atomic mass is 10.1. The molecular weight excluding hydrogens is 148 g/mol. The largest absolute Gasteiger partial charge is 0.392 e. The van der Waals surface area contributed by atoms with Gasteiger partial charge in [0.25, 0.3) is 0 Å². The van der Waals surface area contributed by atoms with Crippen molar-refractivity contribution in [2.45, 2.75) is 25.4 Å². The standard InChI is InChI=1S/C11H14O/c12-11(10-6-7-10)8-9-4-2-1-3-5-9/h1-5,10-12H,6-8H2. The number of aliphatic hydroxyl groups is 1. The van der Waals surface area contributed by atoms with E-state index in [1.165, 1.54) is 18.4 Å². The molecule has 1 aliphatic carbocycles. The lowest BCUT2D eigenvalue weighted by molar-refractivity contribution is 0.151. The number of rotatable bonds is 3. The molecule has 1 saturated carbocycles. The zero-order chi connectivity index (χ0) is 8.39. The first-order valence-corrected chi connectivity index (χ1v) is 4.58. The summed E-state index contributed by atoms with van der Waals surface area (Å²) in [6, 6.07) is 10.2. The summed E-state index contributed by atoms with van der Waals surface area (Å²) >= 11 is 0. The van der Waals surface area contributed by atoms with Crippen LogP contribution in [0.2, 0.25) is 0 Å². The SMILES string of the molecule is OC(Cc1ccccc1)C1CC1. The van der Waals surface area contributed by atoms with E-state index in [1.807, 2.05) is 18.2 Å². The second kappa shape index (κ2) is 3.28. The molecule has 12 heavy (non-hydrogen) atoms. The smallest absolute Gasteiger partial charge is 0.0608 e. The van der Waals surface area contributed by atoms with Crippen molar-refractivity contribution in [3.8, 4) is 0 Å². The van der Waals surface area contributed by atoms with Gasteiger partial charge < -0.3 is 5.11 Å². The number of benzene rings is 1. The van der Waals surface area contributed by atoms with Crippen LogP contribution in [0, 0.1) is 5.92 Å². The summed E-state index contributed by atoms with van der Waals surface area (Å²) in [5.41, 5.74) is 1.25. The molecule has 1 aromatic rings. The minimum atomic E-state index is -0.104. The van der Waals surface area contributed by atoms with Gasteiger partial charge in [0.2, 0.25) is 0 Å². The molecule has 1 aromatic carbocycles. The summed E-state index contributed by atoms with van der Waals surface area (Å²) in [4.78, 5) is 0. The van der Waals surface area contributed by atoms with Gasteiger partial charge >= 0.3 is 0 Å². The normalized spacial score (nSPS) is 19.1. The van der Waals surface area contributed by atoms with E-state index in [4.69, 9.17) is 0 Å². The van der Waals surface area contributed by atoms with E-state index in [2.05, 4.69) is 12.1 Å². The van der Waals surface area contributed by atoms with Crippen molar-refractivity contribution >= 4 is 0 Å². The fourth-order valence-corrected chi connectivity index (χ4v) is 1.50. The molecule has 0 aromatic heterocycles. The molecule has 0 heterocycles. The maximum Gasteiger partial charge on any atom is 0.0608 e. The first-order valence-electron chi connectivity index (χ1n) is 4.58. The van der Waals surface area contributed by atoms with Crippen LogP contribution in [0.1, 0.15) is 18.4 Å². The monoisotopic (exact) mass is 162 g/mol. The van der Waals surface area contributed by atoms with Crippen molar-refractivity contribution < 1.29 is 5.11 Å². The number of hydrogen-bond acceptors (Lipinski definition) is 1. The Balaban J connectivity index is 1.94. The summed E-state index contributed by atoms with van der Waals surface area (Å²) in [5.74, 6) is 0.588. The Labute approximate surface area is 73.0 Å². The van der Waals surface area contributed by atoms with Gasteiger partial charge in [0.05, 0.1) is 6.10 Å². The first-order chi connectivity index (χ1) is 5.86. The molecule has 0 radical (unpaired) electrons. The van der Waals surface area contributed by atoms with Gasteiger partial charge in [-0.15, -0.1) is 0 Å². The Morgan fingerprint density at radius 2 is 1.92 bits per heavy atom. The molecule has 0 saturated heterocycles. The molecule has 64 valence electrons. The molecule has 1 nitrogen and oxygen atoms in total. The van der Waals surface area contributed by atoms with Crippen LogP contribution in [0.25, 0.3) is 0 Å². The Kier molecular flexibility index (Phi) is 2.13. The van der Waals surface area contributed by atoms with Crippen molar-refractivity contribution in [3.63, 3.8) is 0 Å². The van der Waals surface area contributed by atoms with Gasteiger partial charge in [0.1, 0.15) is 0 Å². The molecular formula is C11H14O. The van der Waals surface area contributed by atoms with Crippen LogP contribution in [-0.2, 0) is 6.42 Å². The van der Waals surface area contributed by atoms with Crippen LogP contribution in [0.15, 0.2) is 30.3 Å². The van der Waals surface area contributed by atoms with Crippen molar-refractivity contribution in [2.24, 2.45) is 5.92 Å². The van der Waals surface area contributed by atoms with E-state index < -0.39 is 0 Å². The molecule has 1 N–H and O–H groups in total. The molecule has 0 aliphatic heterocycles. The third kappa shape index (κ3) is 1.86. The van der Waals surface area contributed by atoms with E-state index in [0.717, 1.165) is 6.42 Å². The Morgan fingerprint density at radius 1 is 1.25 bits per heavy atom. The van der Waals surface area contributed by atoms with Gasteiger partial charge in [-0.3, -0.25) is 0 Å². The second-order valence-electron chi connectivity index (χ2n) is 3.59. The van der Waals surface area contributed by atoms with E-state index in [-0.39, 0.29) is 6.10 Å². The average molecular weight is 162 g/mol. The molecule has 0 spiro atoms. The summed E-state index contributed by atoms with van der Waals surface area (Å²) in [7, 11) is 0. The van der Waals surface area contributed by atoms with Gasteiger partial charge in [-0.25, -0.2) is 0 Å². The molecule has 1 fully saturated rings. The Bertz CT molecular complexity index is 238. The van der Waals surface area contributed by atoms with E-state index in [1.54, 1.807) is 0 Å². The lowest BCUT2D eigenvalue weighted by Gasteiger charge is -2.07. The summed E-state index contributed by atoms with van der Waals surface area (Å²) < 4.78 is 0. The Hall–Kier alpha value is -0.820. The molecule has 0 bridgehead atoms. The summed E-state index contributed by atoms with van der Waals surface area (Å²) in [5, 5.41) is 9.64. The van der Waals surface area contributed by atoms with Gasteiger partial charge in [0, 0.05) is 0 Å². The van der Waals surface area contributed by atoms with Crippen molar-refractivity contribution in [3.05, 3.63) is 35.9 Å². The van der Waals surface area contributed by atoms with Crippen LogP contribution in [0.5, 0.6) is 0 Å². The predicted molar refractivity (Wildman–Crippen MR) is 48.9 cm³/mol. The zero-order valence-electron chi connectivity index (χ0n) is 7.11. The fourth-order valence-electron chi connectivity index (χ4n) is 1.50. The lowest BCUT2D eigenvalue weighted by Crippen LogP contribution is -2.12. The first kappa shape index (κ1) is 7.81. The predicted octanol–water partition coefficient (Wildman–Crippen LogP) is 2.00. The molecule has 1 unspecified atom stereocenters. The van der Waals surface area contributed by atoms with Crippen LogP contribution in [0.4, 0.5) is 0 Å². The highest BCUT2D eigenvalue weighted by atomic mass is 16.3. The van der Waals surface area contributed by atoms with Crippen LogP contribution >= 0.6 is 0 Å². The van der Waals surface area contributed by atoms with Crippen molar-refractivity contribution in [1.29, 1.82) is 0 Å². The number of hydrogen-bond donors (Lipinski definition) is 1. The molecule has 0 amide bonds. The van der Waals surface area contributed by atoms with Crippen LogP contribution in [0.3, 0.4) is 0 Å². The fraction of sp³-hybridized carbons (Fsp3) is 0.455. The van der Waals surface area contributed by atoms with Crippen molar-refractivity contribution in [2.75, 3.05) is 0 Å². The maximum atomic E-state index is 9.64. The molecule has 1 atom stereocenters. The van der Waals surface area contributed by atoms with E-state index >= 15 is 0 Å². The highest BCUT2D eigenvalue weighted by molar-refractivity contribution is 5.15. The van der Waals surface area contributed by atoms with Gasteiger partial charge in [-0.05, 0) is 30.7 Å². The molecule has 1 heteroatoms. The second-order valence-corrected chi connectivity index (χ2v) is 3.59. The summed E-state index contributed by atoms with van der Waals surface area (Å²) in [6.45, 7) is 0. The molecule has 1 aliphatic rings. The minimum Gasteiger partial charge on any atom is -0.392 e. The van der Waals surface area contributed by atoms with Gasteiger partial charge in [0.15, 0.2) is 0 Å². The topological polar surface area (TPSA) is 20.2 Å². The maximum absolute atomic E-state index is 9.64. The number of aliphatic hydroxyl groups excluding tert-OH is 1. The van der Waals surface area contributed by atoms with Crippen molar-refractivity contribution in [1.82, 2.24) is 0 Å². The van der Waals surface area contributed by atoms with E-state index in [0.29, 0.717) is 5.92 Å². The molecule has 2 rings (SSSR count). The highest BCUT2D eigenvalue weighted by Crippen LogP contribution is 2.33. The third-order valence-corrected chi connectivity index (χ3v) is 2.45. The van der Waals surface area contributed by atoms with Crippen LogP contribution < -0.4 is 0 Å². The Morgan fingerprint density at radius 3 is 2.50 bits per heavy atom.